The van der Waals surface area contributed by atoms with Gasteiger partial charge in [-0.15, -0.1) is 0 Å². The Labute approximate surface area is 186 Å². The maximum atomic E-state index is 12.7. The molecule has 160 valence electrons. The minimum Gasteiger partial charge on any atom is -0.439 e. The monoisotopic (exact) mass is 489 g/mol. The van der Waals surface area contributed by atoms with Crippen LogP contribution in [0.1, 0.15) is 24.0 Å². The third-order valence-electron chi connectivity index (χ3n) is 5.06. The number of alkyl halides is 3. The molecule has 0 N–H and O–H groups in total. The molecule has 0 atom stereocenters. The summed E-state index contributed by atoms with van der Waals surface area (Å²) < 4.78 is 44.7. The highest BCUT2D eigenvalue weighted by Crippen LogP contribution is 2.35. The van der Waals surface area contributed by atoms with Gasteiger partial charge in [-0.1, -0.05) is 33.6 Å². The first kappa shape index (κ1) is 21.4. The molecule has 1 aromatic carbocycles. The minimum absolute atomic E-state index is 0.110. The fourth-order valence-electron chi connectivity index (χ4n) is 3.42. The number of piperidine rings is 1. The highest BCUT2D eigenvalue weighted by molar-refractivity contribution is 9.15. The summed E-state index contributed by atoms with van der Waals surface area (Å²) >= 11 is 3.73. The fourth-order valence-corrected chi connectivity index (χ4v) is 4.07. The standard InChI is InChI=1S/C23H19BrF3N3O/c24-22(16-8-11-30(12-9-16)19-4-2-10-28-15-19)17-3-1-5-20(13-17)31-21-7-6-18(14-29-21)23(25,26)27/h1-7,10,13-15H,8-9,11-12H2. The van der Waals surface area contributed by atoms with Gasteiger partial charge in [0.05, 0.1) is 17.4 Å². The van der Waals surface area contributed by atoms with E-state index in [0.29, 0.717) is 5.75 Å². The third-order valence-corrected chi connectivity index (χ3v) is 6.08. The number of hydrogen-bond donors (Lipinski definition) is 0. The van der Waals surface area contributed by atoms with Crippen molar-refractivity contribution in [1.29, 1.82) is 0 Å². The molecule has 31 heavy (non-hydrogen) atoms. The Balaban J connectivity index is 1.45. The van der Waals surface area contributed by atoms with Gasteiger partial charge in [-0.25, -0.2) is 4.98 Å². The van der Waals surface area contributed by atoms with E-state index in [2.05, 4.69) is 36.9 Å². The van der Waals surface area contributed by atoms with Crippen LogP contribution in [0.25, 0.3) is 4.48 Å². The molecule has 4 rings (SSSR count). The van der Waals surface area contributed by atoms with Gasteiger partial charge in [-0.05, 0) is 48.7 Å². The Bertz CT molecular complexity index is 1060. The Morgan fingerprint density at radius 1 is 1.00 bits per heavy atom. The van der Waals surface area contributed by atoms with Gasteiger partial charge in [-0.2, -0.15) is 13.2 Å². The summed E-state index contributed by atoms with van der Waals surface area (Å²) in [7, 11) is 0. The SMILES string of the molecule is FC(F)(F)c1ccc(Oc2cccc(C(Br)=C3CCN(c4cccnc4)CC3)c2)nc1. The highest BCUT2D eigenvalue weighted by Gasteiger charge is 2.30. The number of hydrogen-bond acceptors (Lipinski definition) is 4. The number of rotatable bonds is 4. The molecule has 0 unspecified atom stereocenters. The number of nitrogens with zero attached hydrogens (tertiary/aromatic N) is 3. The first-order valence-corrected chi connectivity index (χ1v) is 10.5. The molecule has 0 spiro atoms. The summed E-state index contributed by atoms with van der Waals surface area (Å²) in [6.45, 7) is 1.81. The Morgan fingerprint density at radius 3 is 2.45 bits per heavy atom. The van der Waals surface area contributed by atoms with Crippen LogP contribution < -0.4 is 9.64 Å². The second-order valence-electron chi connectivity index (χ2n) is 7.13. The van der Waals surface area contributed by atoms with Crippen LogP contribution in [0.5, 0.6) is 11.6 Å². The molecule has 0 saturated carbocycles. The van der Waals surface area contributed by atoms with Crippen LogP contribution in [0.3, 0.4) is 0 Å². The van der Waals surface area contributed by atoms with Crippen molar-refractivity contribution >= 4 is 26.1 Å². The zero-order valence-corrected chi connectivity index (χ0v) is 18.0. The summed E-state index contributed by atoms with van der Waals surface area (Å²) in [5.41, 5.74) is 2.58. The van der Waals surface area contributed by atoms with Crippen LogP contribution in [0, 0.1) is 0 Å². The van der Waals surface area contributed by atoms with E-state index < -0.39 is 11.7 Å². The molecule has 3 heterocycles. The van der Waals surface area contributed by atoms with Gasteiger partial charge in [0.1, 0.15) is 5.75 Å². The molecular weight excluding hydrogens is 471 g/mol. The van der Waals surface area contributed by atoms with Crippen molar-refractivity contribution < 1.29 is 17.9 Å². The number of ether oxygens (including phenoxy) is 1. The van der Waals surface area contributed by atoms with Crippen LogP contribution in [0.2, 0.25) is 0 Å². The van der Waals surface area contributed by atoms with E-state index in [1.54, 1.807) is 12.3 Å². The molecule has 1 saturated heterocycles. The van der Waals surface area contributed by atoms with Crippen LogP contribution in [-0.2, 0) is 6.18 Å². The largest absolute Gasteiger partial charge is 0.439 e. The van der Waals surface area contributed by atoms with Crippen molar-refractivity contribution in [3.8, 4) is 11.6 Å². The lowest BCUT2D eigenvalue weighted by Gasteiger charge is -2.30. The number of anilines is 1. The van der Waals surface area contributed by atoms with E-state index in [0.717, 1.165) is 53.9 Å². The van der Waals surface area contributed by atoms with Crippen molar-refractivity contribution in [1.82, 2.24) is 9.97 Å². The van der Waals surface area contributed by atoms with E-state index in [1.807, 2.05) is 30.5 Å². The second-order valence-corrected chi connectivity index (χ2v) is 7.92. The number of pyridine rings is 2. The summed E-state index contributed by atoms with van der Waals surface area (Å²) in [4.78, 5) is 10.3. The Hall–Kier alpha value is -2.87. The summed E-state index contributed by atoms with van der Waals surface area (Å²) in [6.07, 6.45) is 1.83. The summed E-state index contributed by atoms with van der Waals surface area (Å²) in [6, 6.07) is 13.6. The van der Waals surface area contributed by atoms with Crippen molar-refractivity contribution in [2.45, 2.75) is 19.0 Å². The van der Waals surface area contributed by atoms with Gasteiger partial charge >= 0.3 is 6.18 Å². The predicted molar refractivity (Wildman–Crippen MR) is 117 cm³/mol. The summed E-state index contributed by atoms with van der Waals surface area (Å²) in [5, 5.41) is 0. The van der Waals surface area contributed by atoms with Gasteiger partial charge in [0.25, 0.3) is 0 Å². The minimum atomic E-state index is -4.42. The topological polar surface area (TPSA) is 38.2 Å². The van der Waals surface area contributed by atoms with E-state index in [-0.39, 0.29) is 5.88 Å². The molecule has 0 radical (unpaired) electrons. The van der Waals surface area contributed by atoms with Gasteiger partial charge in [0.2, 0.25) is 5.88 Å². The van der Waals surface area contributed by atoms with Crippen LogP contribution >= 0.6 is 15.9 Å². The number of aromatic nitrogens is 2. The van der Waals surface area contributed by atoms with Gasteiger partial charge < -0.3 is 9.64 Å². The lowest BCUT2D eigenvalue weighted by molar-refractivity contribution is -0.137. The van der Waals surface area contributed by atoms with Crippen LogP contribution in [0.4, 0.5) is 18.9 Å². The molecule has 0 aliphatic carbocycles. The Morgan fingerprint density at radius 2 is 1.81 bits per heavy atom. The molecule has 8 heteroatoms. The molecule has 4 nitrogen and oxygen atoms in total. The molecule has 1 aliphatic heterocycles. The normalized spacial score (nSPS) is 14.5. The van der Waals surface area contributed by atoms with Crippen LogP contribution in [-0.4, -0.2) is 23.1 Å². The quantitative estimate of drug-likeness (QED) is 0.408. The maximum absolute atomic E-state index is 12.7. The predicted octanol–water partition coefficient (Wildman–Crippen LogP) is 6.69. The van der Waals surface area contributed by atoms with Gasteiger partial charge in [0.15, 0.2) is 0 Å². The molecule has 1 aliphatic rings. The van der Waals surface area contributed by atoms with Gasteiger partial charge in [-0.3, -0.25) is 4.98 Å². The van der Waals surface area contributed by atoms with E-state index in [1.165, 1.54) is 11.6 Å². The number of halogens is 4. The first-order valence-electron chi connectivity index (χ1n) is 9.74. The van der Waals surface area contributed by atoms with Crippen molar-refractivity contribution in [3.05, 3.63) is 83.8 Å². The lowest BCUT2D eigenvalue weighted by atomic mass is 10.0. The average Bonchev–Trinajstić information content (AvgIpc) is 2.79. The third kappa shape index (κ3) is 5.25. The molecule has 0 bridgehead atoms. The molecule has 2 aromatic heterocycles. The van der Waals surface area contributed by atoms with Gasteiger partial charge in [0, 0.05) is 36.0 Å². The maximum Gasteiger partial charge on any atom is 0.417 e. The second kappa shape index (κ2) is 9.09. The first-order chi connectivity index (χ1) is 14.9. The van der Waals surface area contributed by atoms with E-state index in [9.17, 15) is 13.2 Å². The van der Waals surface area contributed by atoms with E-state index in [4.69, 9.17) is 4.74 Å². The number of benzene rings is 1. The smallest absolute Gasteiger partial charge is 0.417 e. The Kier molecular flexibility index (Phi) is 6.27. The molecule has 0 amide bonds. The van der Waals surface area contributed by atoms with Crippen molar-refractivity contribution in [2.24, 2.45) is 0 Å². The summed E-state index contributed by atoms with van der Waals surface area (Å²) in [5.74, 6) is 0.619. The zero-order chi connectivity index (χ0) is 21.8. The highest BCUT2D eigenvalue weighted by atomic mass is 79.9. The fraction of sp³-hybridized carbons (Fsp3) is 0.217. The van der Waals surface area contributed by atoms with Crippen molar-refractivity contribution in [2.75, 3.05) is 18.0 Å². The lowest BCUT2D eigenvalue weighted by Crippen LogP contribution is -2.30. The average molecular weight is 490 g/mol. The van der Waals surface area contributed by atoms with E-state index >= 15 is 0 Å². The molecule has 1 fully saturated rings. The van der Waals surface area contributed by atoms with Crippen molar-refractivity contribution in [3.63, 3.8) is 0 Å². The molecule has 3 aromatic rings. The zero-order valence-electron chi connectivity index (χ0n) is 16.4. The molecular formula is C23H19BrF3N3O. The van der Waals surface area contributed by atoms with Crippen LogP contribution in [0.15, 0.2) is 72.7 Å².